The first-order chi connectivity index (χ1) is 11.6. The predicted molar refractivity (Wildman–Crippen MR) is 93.2 cm³/mol. The number of thioether (sulfide) groups is 1. The summed E-state index contributed by atoms with van der Waals surface area (Å²) in [6.45, 7) is 2.12. The van der Waals surface area contributed by atoms with Gasteiger partial charge >= 0.3 is 5.69 Å². The Balaban J connectivity index is 1.73. The summed E-state index contributed by atoms with van der Waals surface area (Å²) in [4.78, 5) is 25.9. The Morgan fingerprint density at radius 1 is 1.33 bits per heavy atom. The van der Waals surface area contributed by atoms with Gasteiger partial charge in [-0.1, -0.05) is 30.3 Å². The molecule has 24 heavy (non-hydrogen) atoms. The summed E-state index contributed by atoms with van der Waals surface area (Å²) >= 11 is 1.50. The molecule has 2 N–H and O–H groups in total. The second-order valence-electron chi connectivity index (χ2n) is 5.86. The van der Waals surface area contributed by atoms with Crippen LogP contribution in [0, 0.1) is 6.92 Å². The largest absolute Gasteiger partial charge is 0.395 e. The van der Waals surface area contributed by atoms with Crippen molar-refractivity contribution in [1.29, 1.82) is 0 Å². The molecular formula is C17H20N2O4S. The molecular weight excluding hydrogens is 328 g/mol. The van der Waals surface area contributed by atoms with Crippen LogP contribution in [0.3, 0.4) is 0 Å². The minimum Gasteiger partial charge on any atom is -0.395 e. The predicted octanol–water partition coefficient (Wildman–Crippen LogP) is 1.43. The van der Waals surface area contributed by atoms with Crippen molar-refractivity contribution in [2.24, 2.45) is 0 Å². The first-order valence-corrected chi connectivity index (χ1v) is 8.76. The molecule has 0 bridgehead atoms. The van der Waals surface area contributed by atoms with Crippen molar-refractivity contribution in [3.05, 3.63) is 68.5 Å². The number of ether oxygens (including phenoxy) is 1. The van der Waals surface area contributed by atoms with Crippen LogP contribution in [0.4, 0.5) is 0 Å². The fraction of sp³-hybridized carbons (Fsp3) is 0.412. The van der Waals surface area contributed by atoms with E-state index in [1.807, 2.05) is 30.3 Å². The maximum atomic E-state index is 12.1. The van der Waals surface area contributed by atoms with Gasteiger partial charge in [0.25, 0.3) is 5.56 Å². The Hall–Kier alpha value is -1.83. The molecule has 1 saturated heterocycles. The fourth-order valence-electron chi connectivity index (χ4n) is 2.79. The number of aliphatic hydroxyl groups excluding tert-OH is 1. The number of aromatic amines is 1. The highest BCUT2D eigenvalue weighted by Gasteiger charge is 2.36. The lowest BCUT2D eigenvalue weighted by Crippen LogP contribution is -2.32. The van der Waals surface area contributed by atoms with Gasteiger partial charge in [0, 0.05) is 18.2 Å². The number of aryl methyl sites for hydroxylation is 1. The molecule has 0 amide bonds. The van der Waals surface area contributed by atoms with Gasteiger partial charge in [-0.25, -0.2) is 4.79 Å². The summed E-state index contributed by atoms with van der Waals surface area (Å²) in [5.41, 5.74) is 0.766. The molecule has 6 nitrogen and oxygen atoms in total. The van der Waals surface area contributed by atoms with Crippen molar-refractivity contribution in [2.45, 2.75) is 36.7 Å². The minimum absolute atomic E-state index is 0.0162. The summed E-state index contributed by atoms with van der Waals surface area (Å²) in [6.07, 6.45) is 2.03. The van der Waals surface area contributed by atoms with E-state index >= 15 is 0 Å². The van der Waals surface area contributed by atoms with Crippen LogP contribution in [0.2, 0.25) is 0 Å². The van der Waals surface area contributed by atoms with Gasteiger partial charge in [-0.15, -0.1) is 11.8 Å². The molecule has 0 saturated carbocycles. The Kier molecular flexibility index (Phi) is 5.23. The van der Waals surface area contributed by atoms with Crippen molar-refractivity contribution in [3.8, 4) is 0 Å². The van der Waals surface area contributed by atoms with E-state index in [2.05, 4.69) is 4.98 Å². The summed E-state index contributed by atoms with van der Waals surface area (Å²) in [7, 11) is 0. The van der Waals surface area contributed by atoms with Crippen LogP contribution < -0.4 is 11.2 Å². The number of H-pyrrole nitrogens is 1. The van der Waals surface area contributed by atoms with Crippen LogP contribution >= 0.6 is 11.8 Å². The fourth-order valence-corrected chi connectivity index (χ4v) is 4.23. The number of nitrogens with one attached hydrogen (secondary N) is 1. The van der Waals surface area contributed by atoms with Gasteiger partial charge in [-0.2, -0.15) is 0 Å². The van der Waals surface area contributed by atoms with Crippen LogP contribution in [0.25, 0.3) is 0 Å². The number of benzene rings is 1. The monoisotopic (exact) mass is 348 g/mol. The molecule has 0 unspecified atom stereocenters. The molecule has 3 rings (SSSR count). The SMILES string of the molecule is Cc1cn([C@H]2C[C@H](OCc3ccccc3)[C@@H](CO)S2)c(=O)[nH]c1=O. The van der Waals surface area contributed by atoms with Crippen LogP contribution in [0.5, 0.6) is 0 Å². The summed E-state index contributed by atoms with van der Waals surface area (Å²) < 4.78 is 7.49. The van der Waals surface area contributed by atoms with Gasteiger partial charge in [-0.05, 0) is 12.5 Å². The van der Waals surface area contributed by atoms with Crippen molar-refractivity contribution >= 4 is 11.8 Å². The van der Waals surface area contributed by atoms with Crippen molar-refractivity contribution < 1.29 is 9.84 Å². The van der Waals surface area contributed by atoms with E-state index in [-0.39, 0.29) is 28.9 Å². The van der Waals surface area contributed by atoms with Crippen LogP contribution in [0.1, 0.15) is 22.9 Å². The van der Waals surface area contributed by atoms with E-state index in [9.17, 15) is 14.7 Å². The Labute approximate surface area is 143 Å². The Morgan fingerprint density at radius 2 is 2.08 bits per heavy atom. The second-order valence-corrected chi connectivity index (χ2v) is 7.28. The number of aromatic nitrogens is 2. The zero-order chi connectivity index (χ0) is 17.1. The molecule has 3 atom stereocenters. The molecule has 0 spiro atoms. The average molecular weight is 348 g/mol. The van der Waals surface area contributed by atoms with Crippen LogP contribution in [-0.4, -0.2) is 32.6 Å². The normalized spacial score (nSPS) is 23.5. The number of nitrogens with zero attached hydrogens (tertiary/aromatic N) is 1. The van der Waals surface area contributed by atoms with E-state index in [1.165, 1.54) is 16.3 Å². The molecule has 2 aromatic rings. The highest BCUT2D eigenvalue weighted by atomic mass is 32.2. The lowest BCUT2D eigenvalue weighted by atomic mass is 10.2. The smallest absolute Gasteiger partial charge is 0.329 e. The van der Waals surface area contributed by atoms with E-state index in [4.69, 9.17) is 4.74 Å². The lowest BCUT2D eigenvalue weighted by molar-refractivity contribution is 0.0272. The molecule has 0 radical (unpaired) electrons. The molecule has 1 aliphatic heterocycles. The molecule has 0 aliphatic carbocycles. The van der Waals surface area contributed by atoms with E-state index in [0.29, 0.717) is 18.6 Å². The summed E-state index contributed by atoms with van der Waals surface area (Å²) in [6, 6.07) is 9.84. The third-order valence-corrected chi connectivity index (χ3v) is 5.66. The summed E-state index contributed by atoms with van der Waals surface area (Å²) in [5, 5.41) is 9.36. The average Bonchev–Trinajstić information content (AvgIpc) is 3.00. The molecule has 128 valence electrons. The van der Waals surface area contributed by atoms with Gasteiger partial charge < -0.3 is 9.84 Å². The highest BCUT2D eigenvalue weighted by molar-refractivity contribution is 8.00. The molecule has 1 fully saturated rings. The summed E-state index contributed by atoms with van der Waals surface area (Å²) in [5.74, 6) is 0. The zero-order valence-corrected chi connectivity index (χ0v) is 14.2. The quantitative estimate of drug-likeness (QED) is 0.854. The van der Waals surface area contributed by atoms with Crippen molar-refractivity contribution in [1.82, 2.24) is 9.55 Å². The van der Waals surface area contributed by atoms with E-state index < -0.39 is 5.69 Å². The van der Waals surface area contributed by atoms with Gasteiger partial charge in [0.15, 0.2) is 0 Å². The highest BCUT2D eigenvalue weighted by Crippen LogP contribution is 2.42. The zero-order valence-electron chi connectivity index (χ0n) is 13.3. The third-order valence-electron chi connectivity index (χ3n) is 4.12. The molecule has 2 heterocycles. The molecule has 7 heteroatoms. The molecule has 1 aromatic carbocycles. The molecule has 1 aliphatic rings. The van der Waals surface area contributed by atoms with Gasteiger partial charge in [0.2, 0.25) is 0 Å². The maximum Gasteiger partial charge on any atom is 0.329 e. The van der Waals surface area contributed by atoms with Gasteiger partial charge in [0.05, 0.1) is 29.9 Å². The first-order valence-electron chi connectivity index (χ1n) is 7.82. The number of aliphatic hydroxyl groups is 1. The van der Waals surface area contributed by atoms with Crippen molar-refractivity contribution in [2.75, 3.05) is 6.61 Å². The van der Waals surface area contributed by atoms with E-state index in [0.717, 1.165) is 5.56 Å². The lowest BCUT2D eigenvalue weighted by Gasteiger charge is -2.16. The van der Waals surface area contributed by atoms with Gasteiger partial charge in [-0.3, -0.25) is 14.3 Å². The number of rotatable bonds is 5. The topological polar surface area (TPSA) is 84.3 Å². The van der Waals surface area contributed by atoms with Crippen LogP contribution in [-0.2, 0) is 11.3 Å². The van der Waals surface area contributed by atoms with Gasteiger partial charge in [0.1, 0.15) is 0 Å². The van der Waals surface area contributed by atoms with Crippen molar-refractivity contribution in [3.63, 3.8) is 0 Å². The number of hydrogen-bond donors (Lipinski definition) is 2. The van der Waals surface area contributed by atoms with Crippen LogP contribution in [0.15, 0.2) is 46.1 Å². The Morgan fingerprint density at radius 3 is 2.79 bits per heavy atom. The third kappa shape index (κ3) is 3.63. The van der Waals surface area contributed by atoms with E-state index in [1.54, 1.807) is 13.1 Å². The second kappa shape index (κ2) is 7.38. The first kappa shape index (κ1) is 17.0. The Bertz CT molecular complexity index is 802. The minimum atomic E-state index is -0.427. The maximum absolute atomic E-state index is 12.1. The number of hydrogen-bond acceptors (Lipinski definition) is 5. The standard InChI is InChI=1S/C17H20N2O4S/c1-11-8-19(17(22)18-16(11)21)15-7-13(14(9-20)24-15)23-10-12-5-3-2-4-6-12/h2-6,8,13-15,20H,7,9-10H2,1H3,(H,18,21,22)/t13-,14+,15+/m0/s1. The molecule has 1 aromatic heterocycles.